The minimum absolute atomic E-state index is 0.196. The average molecular weight is 361 g/mol. The molecule has 0 spiro atoms. The quantitative estimate of drug-likeness (QED) is 0.543. The van der Waals surface area contributed by atoms with Crippen LogP contribution >= 0.6 is 0 Å². The number of rotatable bonds is 4. The lowest BCUT2D eigenvalue weighted by Gasteiger charge is -2.57. The second kappa shape index (κ2) is 6.40. The minimum Gasteiger partial charge on any atom is -0.508 e. The third-order valence-electron chi connectivity index (χ3n) is 7.15. The van der Waals surface area contributed by atoms with E-state index in [1.165, 1.54) is 44.1 Å². The normalized spacial score (nSPS) is 31.9. The predicted octanol–water partition coefficient (Wildman–Crippen LogP) is 5.70. The zero-order valence-electron chi connectivity index (χ0n) is 16.0. The van der Waals surface area contributed by atoms with Crippen molar-refractivity contribution in [2.75, 3.05) is 5.43 Å². The Morgan fingerprint density at radius 1 is 0.963 bits per heavy atom. The standard InChI is InChI=1S/C24H28N2O/c1-16(25-26-21-5-3-2-4-6-21)20-7-8-23(27)22(12-20)24-13-17-9-18(14-24)11-19(10-17)15-24/h2-8,12,17-19,26-27H,9-11,13-15H2,1H3/b25-16-. The summed E-state index contributed by atoms with van der Waals surface area (Å²) in [6, 6.07) is 16.1. The fourth-order valence-electron chi connectivity index (χ4n) is 6.35. The Morgan fingerprint density at radius 3 is 2.22 bits per heavy atom. The Bertz CT molecular complexity index is 836. The topological polar surface area (TPSA) is 44.6 Å². The van der Waals surface area contributed by atoms with Crippen molar-refractivity contribution in [3.8, 4) is 5.75 Å². The molecule has 0 heterocycles. The molecule has 2 N–H and O–H groups in total. The average Bonchev–Trinajstić information content (AvgIpc) is 2.66. The lowest BCUT2D eigenvalue weighted by molar-refractivity contribution is -0.00613. The number of nitrogens with one attached hydrogen (secondary N) is 1. The van der Waals surface area contributed by atoms with E-state index in [0.29, 0.717) is 5.75 Å². The molecule has 0 aromatic heterocycles. The highest BCUT2D eigenvalue weighted by molar-refractivity contribution is 5.99. The highest BCUT2D eigenvalue weighted by Gasteiger charge is 2.52. The van der Waals surface area contributed by atoms with E-state index in [2.05, 4.69) is 16.6 Å². The summed E-state index contributed by atoms with van der Waals surface area (Å²) in [5.41, 5.74) is 7.54. The number of para-hydroxylation sites is 1. The van der Waals surface area contributed by atoms with Gasteiger partial charge in [0.2, 0.25) is 0 Å². The van der Waals surface area contributed by atoms with Crippen LogP contribution in [0.4, 0.5) is 5.69 Å². The Kier molecular flexibility index (Phi) is 3.99. The van der Waals surface area contributed by atoms with Crippen LogP contribution in [0, 0.1) is 17.8 Å². The minimum atomic E-state index is 0.196. The van der Waals surface area contributed by atoms with Crippen LogP contribution in [0.2, 0.25) is 0 Å². The molecular weight excluding hydrogens is 332 g/mol. The maximum atomic E-state index is 10.7. The lowest BCUT2D eigenvalue weighted by Crippen LogP contribution is -2.48. The molecule has 27 heavy (non-hydrogen) atoms. The predicted molar refractivity (Wildman–Crippen MR) is 110 cm³/mol. The fraction of sp³-hybridized carbons (Fsp3) is 0.458. The number of phenols is 1. The number of hydrazone groups is 1. The van der Waals surface area contributed by atoms with Crippen molar-refractivity contribution in [1.29, 1.82) is 0 Å². The zero-order valence-corrected chi connectivity index (χ0v) is 16.0. The molecule has 2 aromatic carbocycles. The molecule has 0 amide bonds. The van der Waals surface area contributed by atoms with Crippen LogP contribution in [0.3, 0.4) is 0 Å². The summed E-state index contributed by atoms with van der Waals surface area (Å²) in [5, 5.41) is 15.3. The fourth-order valence-corrected chi connectivity index (χ4v) is 6.35. The van der Waals surface area contributed by atoms with Crippen molar-refractivity contribution in [3.05, 3.63) is 59.7 Å². The van der Waals surface area contributed by atoms with E-state index < -0.39 is 0 Å². The lowest BCUT2D eigenvalue weighted by atomic mass is 9.48. The molecular formula is C24H28N2O. The van der Waals surface area contributed by atoms with Crippen molar-refractivity contribution in [2.24, 2.45) is 22.9 Å². The number of benzene rings is 2. The summed E-state index contributed by atoms with van der Waals surface area (Å²) in [7, 11) is 0. The summed E-state index contributed by atoms with van der Waals surface area (Å²) in [6.07, 6.45) is 8.03. The third-order valence-corrected chi connectivity index (χ3v) is 7.15. The molecule has 0 aliphatic heterocycles. The molecule has 4 fully saturated rings. The molecule has 3 heteroatoms. The number of anilines is 1. The Balaban J connectivity index is 1.45. The van der Waals surface area contributed by atoms with Crippen molar-refractivity contribution >= 4 is 11.4 Å². The first kappa shape index (κ1) is 16.9. The van der Waals surface area contributed by atoms with Gasteiger partial charge in [-0.15, -0.1) is 0 Å². The van der Waals surface area contributed by atoms with E-state index >= 15 is 0 Å². The summed E-state index contributed by atoms with van der Waals surface area (Å²) < 4.78 is 0. The van der Waals surface area contributed by atoms with Gasteiger partial charge in [0, 0.05) is 5.56 Å². The molecule has 4 aliphatic carbocycles. The van der Waals surface area contributed by atoms with Gasteiger partial charge < -0.3 is 5.11 Å². The van der Waals surface area contributed by atoms with Crippen LogP contribution in [-0.4, -0.2) is 10.8 Å². The molecule has 0 unspecified atom stereocenters. The van der Waals surface area contributed by atoms with E-state index in [1.807, 2.05) is 49.4 Å². The van der Waals surface area contributed by atoms with Crippen LogP contribution in [0.1, 0.15) is 56.6 Å². The first-order chi connectivity index (χ1) is 13.1. The van der Waals surface area contributed by atoms with Crippen molar-refractivity contribution < 1.29 is 5.11 Å². The van der Waals surface area contributed by atoms with E-state index in [0.717, 1.165) is 34.7 Å². The van der Waals surface area contributed by atoms with Gasteiger partial charge in [-0.25, -0.2) is 0 Å². The number of hydrogen-bond acceptors (Lipinski definition) is 3. The molecule has 4 aliphatic rings. The first-order valence-corrected chi connectivity index (χ1v) is 10.3. The maximum absolute atomic E-state index is 10.7. The van der Waals surface area contributed by atoms with Gasteiger partial charge in [0.1, 0.15) is 5.75 Å². The van der Waals surface area contributed by atoms with E-state index in [4.69, 9.17) is 0 Å². The number of phenolic OH excluding ortho intramolecular Hbond substituents is 1. The summed E-state index contributed by atoms with van der Waals surface area (Å²) >= 11 is 0. The van der Waals surface area contributed by atoms with Gasteiger partial charge in [-0.3, -0.25) is 5.43 Å². The molecule has 0 saturated heterocycles. The molecule has 2 aromatic rings. The van der Waals surface area contributed by atoms with Gasteiger partial charge in [0.25, 0.3) is 0 Å². The summed E-state index contributed by atoms with van der Waals surface area (Å²) in [6.45, 7) is 2.03. The molecule has 6 rings (SSSR count). The third kappa shape index (κ3) is 3.03. The van der Waals surface area contributed by atoms with Crippen molar-refractivity contribution in [1.82, 2.24) is 0 Å². The van der Waals surface area contributed by atoms with Crippen molar-refractivity contribution in [2.45, 2.75) is 50.9 Å². The SMILES string of the molecule is C/C(=N/Nc1ccccc1)c1ccc(O)c(C23CC4CC(CC(C4)C2)C3)c1. The van der Waals surface area contributed by atoms with E-state index in [1.54, 1.807) is 0 Å². The van der Waals surface area contributed by atoms with Crippen LogP contribution in [0.15, 0.2) is 53.6 Å². The molecule has 0 atom stereocenters. The second-order valence-corrected chi connectivity index (χ2v) is 9.10. The Labute approximate surface area is 161 Å². The maximum Gasteiger partial charge on any atom is 0.119 e. The Hall–Kier alpha value is -2.29. The van der Waals surface area contributed by atoms with Crippen LogP contribution in [0.5, 0.6) is 5.75 Å². The molecule has 4 bridgehead atoms. The number of aromatic hydroxyl groups is 1. The van der Waals surface area contributed by atoms with Crippen LogP contribution < -0.4 is 5.43 Å². The largest absolute Gasteiger partial charge is 0.508 e. The smallest absolute Gasteiger partial charge is 0.119 e. The highest BCUT2D eigenvalue weighted by Crippen LogP contribution is 2.61. The molecule has 0 radical (unpaired) electrons. The summed E-state index contributed by atoms with van der Waals surface area (Å²) in [5.74, 6) is 3.08. The number of hydrogen-bond donors (Lipinski definition) is 2. The van der Waals surface area contributed by atoms with Crippen molar-refractivity contribution in [3.63, 3.8) is 0 Å². The van der Waals surface area contributed by atoms with Gasteiger partial charge in [-0.1, -0.05) is 18.2 Å². The Morgan fingerprint density at radius 2 is 1.59 bits per heavy atom. The highest BCUT2D eigenvalue weighted by atomic mass is 16.3. The van der Waals surface area contributed by atoms with Gasteiger partial charge in [0.15, 0.2) is 0 Å². The number of nitrogens with zero attached hydrogens (tertiary/aromatic N) is 1. The molecule has 140 valence electrons. The summed E-state index contributed by atoms with van der Waals surface area (Å²) in [4.78, 5) is 0. The van der Waals surface area contributed by atoms with Gasteiger partial charge in [-0.05, 0) is 105 Å². The molecule has 3 nitrogen and oxygen atoms in total. The van der Waals surface area contributed by atoms with Gasteiger partial charge in [-0.2, -0.15) is 5.10 Å². The molecule has 4 saturated carbocycles. The monoisotopic (exact) mass is 360 g/mol. The second-order valence-electron chi connectivity index (χ2n) is 9.10. The first-order valence-electron chi connectivity index (χ1n) is 10.3. The van der Waals surface area contributed by atoms with Gasteiger partial charge >= 0.3 is 0 Å². The van der Waals surface area contributed by atoms with Gasteiger partial charge in [0.05, 0.1) is 11.4 Å². The zero-order chi connectivity index (χ0) is 18.4. The van der Waals surface area contributed by atoms with Crippen LogP contribution in [0.25, 0.3) is 0 Å². The van der Waals surface area contributed by atoms with Crippen LogP contribution in [-0.2, 0) is 5.41 Å². The van der Waals surface area contributed by atoms with E-state index in [-0.39, 0.29) is 5.41 Å². The van der Waals surface area contributed by atoms with E-state index in [9.17, 15) is 5.11 Å².